The highest BCUT2D eigenvalue weighted by atomic mass is 79.9. The van der Waals surface area contributed by atoms with E-state index in [1.54, 1.807) is 6.20 Å². The number of nitrogens with zero attached hydrogens (tertiary/aromatic N) is 1. The van der Waals surface area contributed by atoms with E-state index in [0.717, 1.165) is 15.6 Å². The second-order valence-corrected chi connectivity index (χ2v) is 2.78. The second-order valence-electron chi connectivity index (χ2n) is 1.99. The molecule has 1 radical (unpaired) electrons. The molecule has 0 aliphatic carbocycles. The summed E-state index contributed by atoms with van der Waals surface area (Å²) in [5.41, 5.74) is 2.22. The molecule has 0 N–H and O–H groups in total. The van der Waals surface area contributed by atoms with Crippen molar-refractivity contribution in [1.82, 2.24) is 4.98 Å². The van der Waals surface area contributed by atoms with Crippen molar-refractivity contribution in [2.24, 2.45) is 0 Å². The maximum Gasteiger partial charge on any atom is 0.0929 e. The molecule has 1 aromatic rings. The first-order valence-electron chi connectivity index (χ1n) is 2.71. The van der Waals surface area contributed by atoms with E-state index in [1.165, 1.54) is 0 Å². The summed E-state index contributed by atoms with van der Waals surface area (Å²) in [5, 5.41) is 0. The van der Waals surface area contributed by atoms with Gasteiger partial charge in [-0.3, -0.25) is 4.98 Å². The van der Waals surface area contributed by atoms with Crippen LogP contribution in [0.2, 0.25) is 0 Å². The van der Waals surface area contributed by atoms with Crippen molar-refractivity contribution >= 4 is 15.9 Å². The molecule has 0 spiro atoms. The van der Waals surface area contributed by atoms with Crippen LogP contribution < -0.4 is 0 Å². The summed E-state index contributed by atoms with van der Waals surface area (Å²) >= 11 is 3.41. The zero-order chi connectivity index (χ0) is 6.85. The van der Waals surface area contributed by atoms with E-state index in [0.29, 0.717) is 0 Å². The van der Waals surface area contributed by atoms with E-state index in [9.17, 15) is 0 Å². The van der Waals surface area contributed by atoms with Crippen LogP contribution >= 0.6 is 15.9 Å². The number of halogens is 1. The first-order valence-corrected chi connectivity index (χ1v) is 3.50. The van der Waals surface area contributed by atoms with Crippen LogP contribution in [0, 0.1) is 20.0 Å². The largest absolute Gasteiger partial charge is 0.254 e. The van der Waals surface area contributed by atoms with E-state index in [1.807, 2.05) is 13.8 Å². The molecule has 1 aromatic heterocycles. The van der Waals surface area contributed by atoms with Crippen molar-refractivity contribution < 1.29 is 0 Å². The van der Waals surface area contributed by atoms with Gasteiger partial charge in [-0.1, -0.05) is 15.9 Å². The molecule has 2 heteroatoms. The van der Waals surface area contributed by atoms with Crippen molar-refractivity contribution in [3.8, 4) is 0 Å². The van der Waals surface area contributed by atoms with E-state index in [2.05, 4.69) is 27.1 Å². The van der Waals surface area contributed by atoms with Crippen LogP contribution in [0.4, 0.5) is 0 Å². The summed E-state index contributed by atoms with van der Waals surface area (Å²) in [6.07, 6.45) is 4.63. The van der Waals surface area contributed by atoms with Crippen LogP contribution in [0.1, 0.15) is 11.1 Å². The molecule has 47 valence electrons. The molecule has 1 heterocycles. The molecule has 0 bridgehead atoms. The highest BCUT2D eigenvalue weighted by molar-refractivity contribution is 9.10. The van der Waals surface area contributed by atoms with Gasteiger partial charge in [0.2, 0.25) is 0 Å². The van der Waals surface area contributed by atoms with Crippen molar-refractivity contribution in [3.05, 3.63) is 28.0 Å². The Balaban J connectivity index is 3.25. The lowest BCUT2D eigenvalue weighted by Crippen LogP contribution is -1.82. The van der Waals surface area contributed by atoms with Crippen LogP contribution in [0.25, 0.3) is 0 Å². The molecule has 0 atom stereocenters. The summed E-state index contributed by atoms with van der Waals surface area (Å²) in [4.78, 5) is 3.89. The van der Waals surface area contributed by atoms with Gasteiger partial charge in [-0.15, -0.1) is 0 Å². The van der Waals surface area contributed by atoms with Gasteiger partial charge in [0.05, 0.1) is 6.20 Å². The molecule has 0 amide bonds. The molecule has 0 saturated carbocycles. The zero-order valence-corrected chi connectivity index (χ0v) is 6.99. The highest BCUT2D eigenvalue weighted by Crippen LogP contribution is 2.17. The molecule has 0 fully saturated rings. The van der Waals surface area contributed by atoms with Gasteiger partial charge in [0.15, 0.2) is 0 Å². The SMILES string of the molecule is Cc1[c]ncc(C)c1Br. The number of hydrogen-bond acceptors (Lipinski definition) is 1. The Labute approximate surface area is 63.2 Å². The molecule has 0 unspecified atom stereocenters. The van der Waals surface area contributed by atoms with Gasteiger partial charge in [-0.25, -0.2) is 0 Å². The number of pyridine rings is 1. The smallest absolute Gasteiger partial charge is 0.0929 e. The number of aryl methyl sites for hydroxylation is 2. The Kier molecular flexibility index (Phi) is 1.86. The minimum Gasteiger partial charge on any atom is -0.254 e. The predicted molar refractivity (Wildman–Crippen MR) is 40.2 cm³/mol. The van der Waals surface area contributed by atoms with Crippen LogP contribution in [-0.2, 0) is 0 Å². The average molecular weight is 185 g/mol. The van der Waals surface area contributed by atoms with Crippen molar-refractivity contribution in [2.75, 3.05) is 0 Å². The maximum atomic E-state index is 3.89. The number of hydrogen-bond donors (Lipinski definition) is 0. The zero-order valence-electron chi connectivity index (χ0n) is 5.40. The third kappa shape index (κ3) is 1.30. The average Bonchev–Trinajstić information content (AvgIpc) is 1.83. The fourth-order valence-electron chi connectivity index (χ4n) is 0.627. The number of aromatic nitrogens is 1. The van der Waals surface area contributed by atoms with Gasteiger partial charge in [-0.2, -0.15) is 0 Å². The van der Waals surface area contributed by atoms with Gasteiger partial charge in [0, 0.05) is 10.7 Å². The third-order valence-electron chi connectivity index (χ3n) is 1.17. The van der Waals surface area contributed by atoms with E-state index >= 15 is 0 Å². The van der Waals surface area contributed by atoms with Crippen LogP contribution in [0.3, 0.4) is 0 Å². The van der Waals surface area contributed by atoms with E-state index < -0.39 is 0 Å². The van der Waals surface area contributed by atoms with Gasteiger partial charge in [0.25, 0.3) is 0 Å². The molecule has 0 aliphatic heterocycles. The fourth-order valence-corrected chi connectivity index (χ4v) is 0.818. The number of rotatable bonds is 0. The third-order valence-corrected chi connectivity index (χ3v) is 2.39. The molecule has 1 rings (SSSR count). The minimum atomic E-state index is 1.06. The normalized spacial score (nSPS) is 9.67. The molecule has 0 aromatic carbocycles. The molecule has 0 aliphatic rings. The second kappa shape index (κ2) is 2.48. The lowest BCUT2D eigenvalue weighted by atomic mass is 10.2. The molecular formula is C7H7BrN. The van der Waals surface area contributed by atoms with Gasteiger partial charge >= 0.3 is 0 Å². The molecule has 0 saturated heterocycles. The summed E-state index contributed by atoms with van der Waals surface area (Å²) < 4.78 is 1.11. The van der Waals surface area contributed by atoms with Crippen LogP contribution in [-0.4, -0.2) is 4.98 Å². The Morgan fingerprint density at radius 1 is 1.56 bits per heavy atom. The molecule has 9 heavy (non-hydrogen) atoms. The standard InChI is InChI=1S/C7H7BrN/c1-5-3-9-4-6(2)7(5)8/h3H,1-2H3. The first kappa shape index (κ1) is 6.75. The van der Waals surface area contributed by atoms with Gasteiger partial charge < -0.3 is 0 Å². The lowest BCUT2D eigenvalue weighted by Gasteiger charge is -1.97. The lowest BCUT2D eigenvalue weighted by molar-refractivity contribution is 1.18. The Hall–Kier alpha value is -0.370. The maximum absolute atomic E-state index is 3.89. The van der Waals surface area contributed by atoms with E-state index in [4.69, 9.17) is 0 Å². The van der Waals surface area contributed by atoms with Crippen LogP contribution in [0.15, 0.2) is 10.7 Å². The summed E-state index contributed by atoms with van der Waals surface area (Å²) in [7, 11) is 0. The quantitative estimate of drug-likeness (QED) is 0.604. The van der Waals surface area contributed by atoms with Gasteiger partial charge in [0.1, 0.15) is 0 Å². The molecule has 1 nitrogen and oxygen atoms in total. The molecular weight excluding hydrogens is 178 g/mol. The van der Waals surface area contributed by atoms with Gasteiger partial charge in [-0.05, 0) is 25.0 Å². The predicted octanol–water partition coefficient (Wildman–Crippen LogP) is 2.26. The van der Waals surface area contributed by atoms with Crippen LogP contribution in [0.5, 0.6) is 0 Å². The van der Waals surface area contributed by atoms with Crippen molar-refractivity contribution in [2.45, 2.75) is 13.8 Å². The Bertz CT molecular complexity index is 200. The first-order chi connectivity index (χ1) is 4.22. The minimum absolute atomic E-state index is 1.06. The summed E-state index contributed by atoms with van der Waals surface area (Å²) in [5.74, 6) is 0. The summed E-state index contributed by atoms with van der Waals surface area (Å²) in [6.45, 7) is 3.99. The Morgan fingerprint density at radius 2 is 2.22 bits per heavy atom. The van der Waals surface area contributed by atoms with E-state index in [-0.39, 0.29) is 0 Å². The van der Waals surface area contributed by atoms with Crippen molar-refractivity contribution in [3.63, 3.8) is 0 Å². The summed E-state index contributed by atoms with van der Waals surface area (Å²) in [6, 6.07) is 0. The fraction of sp³-hybridized carbons (Fsp3) is 0.286. The monoisotopic (exact) mass is 184 g/mol. The highest BCUT2D eigenvalue weighted by Gasteiger charge is 1.95. The Morgan fingerprint density at radius 3 is 2.67 bits per heavy atom. The van der Waals surface area contributed by atoms with Crippen molar-refractivity contribution in [1.29, 1.82) is 0 Å². The topological polar surface area (TPSA) is 12.9 Å².